The highest BCUT2D eigenvalue weighted by Gasteiger charge is 2.13. The summed E-state index contributed by atoms with van der Waals surface area (Å²) >= 11 is 0. The van der Waals surface area contributed by atoms with Crippen LogP contribution in [0.2, 0.25) is 0 Å². The summed E-state index contributed by atoms with van der Waals surface area (Å²) in [6.45, 7) is 6.70. The van der Waals surface area contributed by atoms with Crippen LogP contribution in [0.3, 0.4) is 0 Å². The lowest BCUT2D eigenvalue weighted by Gasteiger charge is -2.16. The number of hydrogen-bond donors (Lipinski definition) is 2. The molecule has 0 heterocycles. The number of hydrogen-bond acceptors (Lipinski definition) is 3. The van der Waals surface area contributed by atoms with Gasteiger partial charge in [-0.3, -0.25) is 0 Å². The van der Waals surface area contributed by atoms with E-state index >= 15 is 0 Å². The van der Waals surface area contributed by atoms with E-state index in [9.17, 15) is 5.11 Å². The Kier molecular flexibility index (Phi) is 4.62. The summed E-state index contributed by atoms with van der Waals surface area (Å²) in [5.41, 5.74) is 7.23. The maximum absolute atomic E-state index is 10.0. The number of ether oxygens (including phenoxy) is 1. The van der Waals surface area contributed by atoms with E-state index in [1.165, 1.54) is 0 Å². The fourth-order valence-electron chi connectivity index (χ4n) is 1.67. The Hall–Kier alpha value is -1.22. The van der Waals surface area contributed by atoms with Gasteiger partial charge in [0.05, 0.1) is 12.7 Å². The standard InChI is InChI=1S/C13H21NO2/c1-4-16-10-5-6-12(14)11(8-10)13(15)7-9(2)3/h5-6,8-9,13,15H,4,7,14H2,1-3H3. The number of aliphatic hydroxyl groups is 1. The summed E-state index contributed by atoms with van der Waals surface area (Å²) in [6.07, 6.45) is 0.195. The van der Waals surface area contributed by atoms with Gasteiger partial charge < -0.3 is 15.6 Å². The molecule has 0 saturated heterocycles. The third-order valence-electron chi connectivity index (χ3n) is 2.42. The highest BCUT2D eigenvalue weighted by atomic mass is 16.5. The fraction of sp³-hybridized carbons (Fsp3) is 0.538. The van der Waals surface area contributed by atoms with Crippen molar-refractivity contribution >= 4 is 5.69 Å². The Morgan fingerprint density at radius 3 is 2.62 bits per heavy atom. The number of aliphatic hydroxyl groups excluding tert-OH is 1. The van der Waals surface area contributed by atoms with E-state index in [0.29, 0.717) is 24.6 Å². The van der Waals surface area contributed by atoms with Crippen molar-refractivity contribution in [2.75, 3.05) is 12.3 Å². The predicted octanol–water partition coefficient (Wildman–Crippen LogP) is 2.75. The maximum atomic E-state index is 10.0. The fourth-order valence-corrected chi connectivity index (χ4v) is 1.67. The van der Waals surface area contributed by atoms with Crippen LogP contribution in [0.5, 0.6) is 5.75 Å². The van der Waals surface area contributed by atoms with Gasteiger partial charge in [0.25, 0.3) is 0 Å². The number of nitrogens with two attached hydrogens (primary N) is 1. The third-order valence-corrected chi connectivity index (χ3v) is 2.42. The predicted molar refractivity (Wildman–Crippen MR) is 66.4 cm³/mol. The van der Waals surface area contributed by atoms with Crippen LogP contribution >= 0.6 is 0 Å². The highest BCUT2D eigenvalue weighted by molar-refractivity contribution is 5.51. The SMILES string of the molecule is CCOc1ccc(N)c(C(O)CC(C)C)c1. The molecule has 0 bridgehead atoms. The van der Waals surface area contributed by atoms with Gasteiger partial charge >= 0.3 is 0 Å². The molecule has 0 amide bonds. The molecule has 0 saturated carbocycles. The Labute approximate surface area is 97.2 Å². The topological polar surface area (TPSA) is 55.5 Å². The van der Waals surface area contributed by atoms with E-state index in [1.807, 2.05) is 19.1 Å². The zero-order valence-electron chi connectivity index (χ0n) is 10.2. The molecule has 3 heteroatoms. The molecule has 0 radical (unpaired) electrons. The second-order valence-corrected chi connectivity index (χ2v) is 4.37. The molecule has 0 aliphatic heterocycles. The van der Waals surface area contributed by atoms with Gasteiger partial charge in [0.2, 0.25) is 0 Å². The van der Waals surface area contributed by atoms with Crippen molar-refractivity contribution in [3.63, 3.8) is 0 Å². The zero-order chi connectivity index (χ0) is 12.1. The van der Waals surface area contributed by atoms with Crippen LogP contribution < -0.4 is 10.5 Å². The summed E-state index contributed by atoms with van der Waals surface area (Å²) in [6, 6.07) is 5.43. The molecule has 0 aliphatic rings. The Morgan fingerprint density at radius 2 is 2.06 bits per heavy atom. The highest BCUT2D eigenvalue weighted by Crippen LogP contribution is 2.29. The van der Waals surface area contributed by atoms with Crippen molar-refractivity contribution in [3.05, 3.63) is 23.8 Å². The van der Waals surface area contributed by atoms with Gasteiger partial charge in [0.1, 0.15) is 5.75 Å². The quantitative estimate of drug-likeness (QED) is 0.755. The van der Waals surface area contributed by atoms with Gasteiger partial charge in [-0.2, -0.15) is 0 Å². The van der Waals surface area contributed by atoms with Gasteiger partial charge in [-0.25, -0.2) is 0 Å². The van der Waals surface area contributed by atoms with Crippen molar-refractivity contribution in [1.82, 2.24) is 0 Å². The Morgan fingerprint density at radius 1 is 1.38 bits per heavy atom. The summed E-state index contributed by atoms with van der Waals surface area (Å²) in [7, 11) is 0. The van der Waals surface area contributed by atoms with Gasteiger partial charge in [-0.1, -0.05) is 13.8 Å². The Bertz CT molecular complexity index is 337. The molecule has 1 aromatic carbocycles. The van der Waals surface area contributed by atoms with Gasteiger partial charge in [0.15, 0.2) is 0 Å². The van der Waals surface area contributed by atoms with E-state index in [4.69, 9.17) is 10.5 Å². The number of benzene rings is 1. The minimum absolute atomic E-state index is 0.435. The maximum Gasteiger partial charge on any atom is 0.119 e. The molecule has 1 unspecified atom stereocenters. The van der Waals surface area contributed by atoms with Crippen LogP contribution in [-0.4, -0.2) is 11.7 Å². The first-order valence-corrected chi connectivity index (χ1v) is 5.74. The van der Waals surface area contributed by atoms with Crippen molar-refractivity contribution < 1.29 is 9.84 Å². The summed E-state index contributed by atoms with van der Waals surface area (Å²) < 4.78 is 5.39. The van der Waals surface area contributed by atoms with E-state index in [1.54, 1.807) is 6.07 Å². The van der Waals surface area contributed by atoms with Gasteiger partial charge in [-0.15, -0.1) is 0 Å². The molecule has 1 rings (SSSR count). The van der Waals surface area contributed by atoms with Crippen molar-refractivity contribution in [2.45, 2.75) is 33.3 Å². The Balaban J connectivity index is 2.88. The molecule has 0 aliphatic carbocycles. The molecule has 0 aromatic heterocycles. The first-order valence-electron chi connectivity index (χ1n) is 5.74. The molecule has 90 valence electrons. The van der Waals surface area contributed by atoms with Crippen LogP contribution in [-0.2, 0) is 0 Å². The molecule has 16 heavy (non-hydrogen) atoms. The molecule has 0 fully saturated rings. The molecule has 3 nitrogen and oxygen atoms in total. The van der Waals surface area contributed by atoms with Crippen LogP contribution in [0.25, 0.3) is 0 Å². The average molecular weight is 223 g/mol. The zero-order valence-corrected chi connectivity index (χ0v) is 10.2. The lowest BCUT2D eigenvalue weighted by atomic mass is 9.98. The molecule has 1 atom stereocenters. The molecule has 3 N–H and O–H groups in total. The minimum atomic E-state index is -0.514. The van der Waals surface area contributed by atoms with E-state index in [0.717, 1.165) is 11.3 Å². The number of rotatable bonds is 5. The minimum Gasteiger partial charge on any atom is -0.494 e. The second kappa shape index (κ2) is 5.75. The monoisotopic (exact) mass is 223 g/mol. The van der Waals surface area contributed by atoms with Gasteiger partial charge in [0, 0.05) is 11.3 Å². The van der Waals surface area contributed by atoms with Crippen molar-refractivity contribution in [2.24, 2.45) is 5.92 Å². The number of anilines is 1. The normalized spacial score (nSPS) is 12.8. The molecule has 0 spiro atoms. The van der Waals surface area contributed by atoms with Crippen molar-refractivity contribution in [1.29, 1.82) is 0 Å². The largest absolute Gasteiger partial charge is 0.494 e. The summed E-state index contributed by atoms with van der Waals surface area (Å²) in [5.74, 6) is 1.19. The molecular weight excluding hydrogens is 202 g/mol. The smallest absolute Gasteiger partial charge is 0.119 e. The third kappa shape index (κ3) is 3.42. The van der Waals surface area contributed by atoms with E-state index < -0.39 is 6.10 Å². The first-order chi connectivity index (χ1) is 7.54. The second-order valence-electron chi connectivity index (χ2n) is 4.37. The van der Waals surface area contributed by atoms with Crippen molar-refractivity contribution in [3.8, 4) is 5.75 Å². The first kappa shape index (κ1) is 12.8. The summed E-state index contributed by atoms with van der Waals surface area (Å²) in [5, 5.41) is 10.0. The lowest BCUT2D eigenvalue weighted by molar-refractivity contribution is 0.151. The van der Waals surface area contributed by atoms with E-state index in [2.05, 4.69) is 13.8 Å². The summed E-state index contributed by atoms with van der Waals surface area (Å²) in [4.78, 5) is 0. The van der Waals surface area contributed by atoms with Gasteiger partial charge in [-0.05, 0) is 37.5 Å². The van der Waals surface area contributed by atoms with Crippen LogP contribution in [0.4, 0.5) is 5.69 Å². The van der Waals surface area contributed by atoms with Crippen LogP contribution in [0.15, 0.2) is 18.2 Å². The van der Waals surface area contributed by atoms with Crippen LogP contribution in [0, 0.1) is 5.92 Å². The van der Waals surface area contributed by atoms with Crippen LogP contribution in [0.1, 0.15) is 38.9 Å². The number of nitrogen functional groups attached to an aromatic ring is 1. The van der Waals surface area contributed by atoms with E-state index in [-0.39, 0.29) is 0 Å². The average Bonchev–Trinajstić information content (AvgIpc) is 2.20. The lowest BCUT2D eigenvalue weighted by Crippen LogP contribution is -2.06. The molecule has 1 aromatic rings. The molecular formula is C13H21NO2.